The maximum absolute atomic E-state index is 5.64. The van der Waals surface area contributed by atoms with Crippen LogP contribution in [-0.2, 0) is 6.42 Å². The molecule has 1 heterocycles. The van der Waals surface area contributed by atoms with Gasteiger partial charge in [0.1, 0.15) is 0 Å². The Balaban J connectivity index is 1.94. The van der Waals surface area contributed by atoms with Gasteiger partial charge in [-0.1, -0.05) is 35.4 Å². The normalized spacial score (nSPS) is 12.6. The molecule has 1 atom stereocenters. The minimum atomic E-state index is 0.218. The Morgan fingerprint density at radius 2 is 2.06 bits per heavy atom. The van der Waals surface area contributed by atoms with Gasteiger partial charge in [-0.3, -0.25) is 0 Å². The van der Waals surface area contributed by atoms with E-state index in [0.717, 1.165) is 12.8 Å². The van der Waals surface area contributed by atoms with Gasteiger partial charge in [0.15, 0.2) is 0 Å². The summed E-state index contributed by atoms with van der Waals surface area (Å²) in [6.45, 7) is 2.07. The monoisotopic (exact) mass is 217 g/mol. The summed E-state index contributed by atoms with van der Waals surface area (Å²) in [6.07, 6.45) is 1.97. The van der Waals surface area contributed by atoms with E-state index >= 15 is 0 Å². The second kappa shape index (κ2) is 4.74. The van der Waals surface area contributed by atoms with Crippen molar-refractivity contribution in [2.75, 3.05) is 5.73 Å². The highest BCUT2D eigenvalue weighted by Gasteiger charge is 2.09. The molecule has 0 fully saturated rings. The largest absolute Gasteiger partial charge is 0.367 e. The molecule has 5 heteroatoms. The Hall–Kier alpha value is -1.91. The minimum Gasteiger partial charge on any atom is -0.367 e. The van der Waals surface area contributed by atoms with Crippen molar-refractivity contribution in [3.63, 3.8) is 0 Å². The molecule has 1 unspecified atom stereocenters. The van der Waals surface area contributed by atoms with Gasteiger partial charge < -0.3 is 5.73 Å². The van der Waals surface area contributed by atoms with Gasteiger partial charge in [-0.25, -0.2) is 4.68 Å². The zero-order valence-corrected chi connectivity index (χ0v) is 9.24. The molecule has 2 rings (SSSR count). The molecule has 0 aliphatic carbocycles. The van der Waals surface area contributed by atoms with Crippen LogP contribution in [0.2, 0.25) is 0 Å². The number of anilines is 1. The van der Waals surface area contributed by atoms with E-state index < -0.39 is 0 Å². The Kier molecular flexibility index (Phi) is 3.14. The van der Waals surface area contributed by atoms with E-state index in [1.165, 1.54) is 5.56 Å². The summed E-state index contributed by atoms with van der Waals surface area (Å²) in [5.41, 5.74) is 6.96. The number of nitrogen functional groups attached to an aromatic ring is 1. The van der Waals surface area contributed by atoms with Crippen molar-refractivity contribution in [3.8, 4) is 0 Å². The first-order valence-corrected chi connectivity index (χ1v) is 5.34. The molecule has 0 saturated carbocycles. The van der Waals surface area contributed by atoms with Crippen LogP contribution >= 0.6 is 0 Å². The molecule has 0 spiro atoms. The molecule has 1 aromatic heterocycles. The van der Waals surface area contributed by atoms with E-state index in [0.29, 0.717) is 5.95 Å². The molecule has 2 aromatic rings. The molecule has 84 valence electrons. The van der Waals surface area contributed by atoms with Gasteiger partial charge in [-0.05, 0) is 35.8 Å². The third-order valence-corrected chi connectivity index (χ3v) is 2.63. The van der Waals surface area contributed by atoms with Crippen LogP contribution in [0, 0.1) is 0 Å². The maximum atomic E-state index is 5.64. The minimum absolute atomic E-state index is 0.218. The summed E-state index contributed by atoms with van der Waals surface area (Å²) in [5.74, 6) is 0.376. The van der Waals surface area contributed by atoms with Crippen LogP contribution < -0.4 is 5.73 Å². The number of aromatic nitrogens is 4. The van der Waals surface area contributed by atoms with Crippen molar-refractivity contribution in [3.05, 3.63) is 35.9 Å². The number of hydrogen-bond donors (Lipinski definition) is 1. The number of nitrogens with two attached hydrogens (primary N) is 1. The van der Waals surface area contributed by atoms with E-state index in [9.17, 15) is 0 Å². The van der Waals surface area contributed by atoms with Crippen LogP contribution in [0.4, 0.5) is 5.95 Å². The second-order valence-electron chi connectivity index (χ2n) is 3.85. The Morgan fingerprint density at radius 1 is 1.31 bits per heavy atom. The quantitative estimate of drug-likeness (QED) is 0.841. The lowest BCUT2D eigenvalue weighted by Gasteiger charge is -2.11. The average Bonchev–Trinajstić information content (AvgIpc) is 2.74. The fourth-order valence-electron chi connectivity index (χ4n) is 1.66. The van der Waals surface area contributed by atoms with E-state index in [-0.39, 0.29) is 6.04 Å². The van der Waals surface area contributed by atoms with Crippen molar-refractivity contribution < 1.29 is 0 Å². The summed E-state index contributed by atoms with van der Waals surface area (Å²) < 4.78 is 1.66. The molecule has 5 nitrogen and oxygen atoms in total. The highest BCUT2D eigenvalue weighted by atomic mass is 15.6. The molecule has 0 bridgehead atoms. The molecule has 0 saturated heterocycles. The molecule has 16 heavy (non-hydrogen) atoms. The fraction of sp³-hybridized carbons (Fsp3) is 0.364. The summed E-state index contributed by atoms with van der Waals surface area (Å²) in [5, 5.41) is 11.1. The smallest absolute Gasteiger partial charge is 0.240 e. The fourth-order valence-corrected chi connectivity index (χ4v) is 1.66. The molecule has 2 N–H and O–H groups in total. The van der Waals surface area contributed by atoms with Crippen LogP contribution in [0.3, 0.4) is 0 Å². The molecule has 1 aromatic carbocycles. The third kappa shape index (κ3) is 2.36. The van der Waals surface area contributed by atoms with Crippen molar-refractivity contribution in [2.24, 2.45) is 0 Å². The number of aryl methyl sites for hydroxylation is 1. The van der Waals surface area contributed by atoms with E-state index in [1.54, 1.807) is 4.68 Å². The van der Waals surface area contributed by atoms with Crippen molar-refractivity contribution in [2.45, 2.75) is 25.8 Å². The van der Waals surface area contributed by atoms with E-state index in [2.05, 4.69) is 34.6 Å². The van der Waals surface area contributed by atoms with Crippen molar-refractivity contribution in [1.82, 2.24) is 20.2 Å². The zero-order valence-electron chi connectivity index (χ0n) is 9.24. The SMILES string of the molecule is CC(CCc1ccccc1)n1nnnc1N. The van der Waals surface area contributed by atoms with Gasteiger partial charge >= 0.3 is 0 Å². The number of tetrazole rings is 1. The van der Waals surface area contributed by atoms with Crippen LogP contribution in [0.1, 0.15) is 24.9 Å². The number of nitrogens with zero attached hydrogens (tertiary/aromatic N) is 4. The summed E-state index contributed by atoms with van der Waals surface area (Å²) in [6, 6.07) is 10.6. The third-order valence-electron chi connectivity index (χ3n) is 2.63. The lowest BCUT2D eigenvalue weighted by molar-refractivity contribution is 0.453. The van der Waals surface area contributed by atoms with E-state index in [1.807, 2.05) is 18.2 Å². The molecule has 0 aliphatic rings. The number of rotatable bonds is 4. The van der Waals surface area contributed by atoms with Gasteiger partial charge in [0.2, 0.25) is 5.95 Å². The van der Waals surface area contributed by atoms with Gasteiger partial charge in [0, 0.05) is 0 Å². The topological polar surface area (TPSA) is 69.6 Å². The number of benzene rings is 1. The molecular weight excluding hydrogens is 202 g/mol. The van der Waals surface area contributed by atoms with Crippen LogP contribution in [0.25, 0.3) is 0 Å². The Morgan fingerprint density at radius 3 is 2.69 bits per heavy atom. The van der Waals surface area contributed by atoms with Crippen molar-refractivity contribution in [1.29, 1.82) is 0 Å². The summed E-state index contributed by atoms with van der Waals surface area (Å²) in [7, 11) is 0. The molecular formula is C11H15N5. The maximum Gasteiger partial charge on any atom is 0.240 e. The highest BCUT2D eigenvalue weighted by Crippen LogP contribution is 2.15. The summed E-state index contributed by atoms with van der Waals surface area (Å²) >= 11 is 0. The number of hydrogen-bond acceptors (Lipinski definition) is 4. The predicted octanol–water partition coefficient (Wildman–Crippen LogP) is 1.45. The summed E-state index contributed by atoms with van der Waals surface area (Å²) in [4.78, 5) is 0. The average molecular weight is 217 g/mol. The standard InChI is InChI=1S/C11H15N5/c1-9(16-11(12)13-14-15-16)7-8-10-5-3-2-4-6-10/h2-6,9H,7-8H2,1H3,(H2,12,13,15). The highest BCUT2D eigenvalue weighted by molar-refractivity contribution is 5.15. The Bertz CT molecular complexity index is 437. The van der Waals surface area contributed by atoms with Gasteiger partial charge in [-0.15, -0.1) is 0 Å². The Labute approximate surface area is 94.3 Å². The van der Waals surface area contributed by atoms with Crippen LogP contribution in [0.5, 0.6) is 0 Å². The van der Waals surface area contributed by atoms with Crippen molar-refractivity contribution >= 4 is 5.95 Å². The predicted molar refractivity (Wildman–Crippen MR) is 61.7 cm³/mol. The van der Waals surface area contributed by atoms with Gasteiger partial charge in [0.25, 0.3) is 0 Å². The first-order chi connectivity index (χ1) is 7.77. The molecule has 0 amide bonds. The lowest BCUT2D eigenvalue weighted by Crippen LogP contribution is -2.11. The first-order valence-electron chi connectivity index (χ1n) is 5.34. The first kappa shape index (κ1) is 10.6. The molecule has 0 radical (unpaired) electrons. The van der Waals surface area contributed by atoms with Crippen LogP contribution in [0.15, 0.2) is 30.3 Å². The van der Waals surface area contributed by atoms with E-state index in [4.69, 9.17) is 5.73 Å². The van der Waals surface area contributed by atoms with Crippen LogP contribution in [-0.4, -0.2) is 20.2 Å². The second-order valence-corrected chi connectivity index (χ2v) is 3.85. The van der Waals surface area contributed by atoms with Gasteiger partial charge in [0.05, 0.1) is 6.04 Å². The zero-order chi connectivity index (χ0) is 11.4. The lowest BCUT2D eigenvalue weighted by atomic mass is 10.1. The molecule has 0 aliphatic heterocycles. The van der Waals surface area contributed by atoms with Gasteiger partial charge in [-0.2, -0.15) is 0 Å².